The van der Waals surface area contributed by atoms with Crippen molar-refractivity contribution in [2.75, 3.05) is 6.54 Å². The Labute approximate surface area is 112 Å². The number of hydrogen-bond donors (Lipinski definition) is 3. The number of nitrogens with one attached hydrogen (secondary N) is 2. The zero-order chi connectivity index (χ0) is 13.8. The summed E-state index contributed by atoms with van der Waals surface area (Å²) in [5.74, 6) is 0.0544. The minimum absolute atomic E-state index is 0.147. The van der Waals surface area contributed by atoms with Crippen molar-refractivity contribution in [2.24, 2.45) is 5.92 Å². The highest BCUT2D eigenvalue weighted by atomic mass is 16.3. The van der Waals surface area contributed by atoms with Gasteiger partial charge in [-0.1, -0.05) is 26.0 Å². The van der Waals surface area contributed by atoms with Gasteiger partial charge in [0.2, 0.25) is 0 Å². The summed E-state index contributed by atoms with van der Waals surface area (Å²) < 4.78 is 0. The van der Waals surface area contributed by atoms with Crippen LogP contribution in [0, 0.1) is 5.92 Å². The van der Waals surface area contributed by atoms with E-state index in [0.29, 0.717) is 18.5 Å². The lowest BCUT2D eigenvalue weighted by Gasteiger charge is -2.14. The number of carbonyl (C=O) groups excluding carboxylic acids is 1. The summed E-state index contributed by atoms with van der Waals surface area (Å²) >= 11 is 0. The highest BCUT2D eigenvalue weighted by Gasteiger charge is 2.12. The van der Waals surface area contributed by atoms with Crippen LogP contribution >= 0.6 is 0 Å². The van der Waals surface area contributed by atoms with Gasteiger partial charge in [0.05, 0.1) is 23.4 Å². The second kappa shape index (κ2) is 5.84. The highest BCUT2D eigenvalue weighted by Crippen LogP contribution is 2.15. The van der Waals surface area contributed by atoms with Gasteiger partial charge in [0.15, 0.2) is 0 Å². The Kier molecular flexibility index (Phi) is 4.16. The fraction of sp³-hybridized carbons (Fsp3) is 0.429. The number of amides is 1. The Hall–Kier alpha value is -1.88. The van der Waals surface area contributed by atoms with E-state index in [1.807, 2.05) is 26.0 Å². The van der Waals surface area contributed by atoms with Crippen molar-refractivity contribution in [1.82, 2.24) is 15.5 Å². The average molecular weight is 261 g/mol. The van der Waals surface area contributed by atoms with Crippen molar-refractivity contribution in [1.29, 1.82) is 0 Å². The van der Waals surface area contributed by atoms with Gasteiger partial charge in [-0.05, 0) is 18.4 Å². The van der Waals surface area contributed by atoms with E-state index in [-0.39, 0.29) is 17.9 Å². The Morgan fingerprint density at radius 2 is 2.26 bits per heavy atom. The van der Waals surface area contributed by atoms with Crippen LogP contribution in [-0.2, 0) is 0 Å². The number of aromatic nitrogens is 2. The molecule has 1 unspecified atom stereocenters. The molecule has 1 aromatic heterocycles. The average Bonchev–Trinajstić information content (AvgIpc) is 2.86. The normalized spacial score (nSPS) is 12.8. The molecule has 1 aromatic carbocycles. The molecule has 102 valence electrons. The van der Waals surface area contributed by atoms with Gasteiger partial charge >= 0.3 is 0 Å². The molecule has 0 saturated carbocycles. The van der Waals surface area contributed by atoms with E-state index in [9.17, 15) is 9.90 Å². The third kappa shape index (κ3) is 3.12. The van der Waals surface area contributed by atoms with Crippen molar-refractivity contribution in [2.45, 2.75) is 26.4 Å². The second-order valence-corrected chi connectivity index (χ2v) is 5.00. The largest absolute Gasteiger partial charge is 0.393 e. The molecule has 5 nitrogen and oxygen atoms in total. The van der Waals surface area contributed by atoms with Gasteiger partial charge in [0, 0.05) is 11.9 Å². The number of hydrogen-bond acceptors (Lipinski definition) is 3. The number of para-hydroxylation sites is 1. The van der Waals surface area contributed by atoms with Crippen LogP contribution in [-0.4, -0.2) is 33.9 Å². The number of aliphatic hydroxyl groups is 1. The molecule has 0 aliphatic heterocycles. The molecule has 0 aliphatic carbocycles. The Morgan fingerprint density at radius 3 is 3.00 bits per heavy atom. The van der Waals surface area contributed by atoms with Crippen molar-refractivity contribution < 1.29 is 9.90 Å². The number of fused-ring (bicyclic) bond motifs is 1. The third-order valence-electron chi connectivity index (χ3n) is 3.22. The Morgan fingerprint density at radius 1 is 1.47 bits per heavy atom. The van der Waals surface area contributed by atoms with E-state index in [1.165, 1.54) is 0 Å². The number of aromatic amines is 1. The standard InChI is InChI=1S/C14H19N3O2/c1-9(2)12(18)6-7-15-14(19)11-5-3-4-10-8-16-17-13(10)11/h3-5,8-9,12,18H,6-7H2,1-2H3,(H,15,19)(H,16,17). The van der Waals surface area contributed by atoms with Crippen LogP contribution in [0.4, 0.5) is 0 Å². The summed E-state index contributed by atoms with van der Waals surface area (Å²) in [4.78, 5) is 12.1. The van der Waals surface area contributed by atoms with Crippen LogP contribution in [0.1, 0.15) is 30.6 Å². The highest BCUT2D eigenvalue weighted by molar-refractivity contribution is 6.05. The first-order chi connectivity index (χ1) is 9.09. The minimum atomic E-state index is -0.386. The molecular weight excluding hydrogens is 242 g/mol. The molecule has 1 amide bonds. The van der Waals surface area contributed by atoms with Crippen LogP contribution in [0.3, 0.4) is 0 Å². The lowest BCUT2D eigenvalue weighted by molar-refractivity contribution is 0.0921. The maximum atomic E-state index is 12.1. The van der Waals surface area contributed by atoms with Gasteiger partial charge in [-0.3, -0.25) is 9.89 Å². The van der Waals surface area contributed by atoms with Gasteiger partial charge in [0.25, 0.3) is 5.91 Å². The lowest BCUT2D eigenvalue weighted by Crippen LogP contribution is -2.28. The van der Waals surface area contributed by atoms with Crippen LogP contribution in [0.25, 0.3) is 10.9 Å². The zero-order valence-corrected chi connectivity index (χ0v) is 11.2. The molecule has 19 heavy (non-hydrogen) atoms. The predicted octanol–water partition coefficient (Wildman–Crippen LogP) is 1.70. The predicted molar refractivity (Wildman–Crippen MR) is 73.9 cm³/mol. The van der Waals surface area contributed by atoms with Gasteiger partial charge in [-0.25, -0.2) is 0 Å². The number of nitrogens with zero attached hydrogens (tertiary/aromatic N) is 1. The minimum Gasteiger partial charge on any atom is -0.393 e. The van der Waals surface area contributed by atoms with E-state index >= 15 is 0 Å². The molecule has 0 spiro atoms. The van der Waals surface area contributed by atoms with Crippen molar-refractivity contribution in [3.63, 3.8) is 0 Å². The molecule has 0 aliphatic rings. The van der Waals surface area contributed by atoms with E-state index in [4.69, 9.17) is 0 Å². The number of benzene rings is 1. The first-order valence-electron chi connectivity index (χ1n) is 6.48. The van der Waals surface area contributed by atoms with Crippen LogP contribution < -0.4 is 5.32 Å². The van der Waals surface area contributed by atoms with Crippen LogP contribution in [0.15, 0.2) is 24.4 Å². The van der Waals surface area contributed by atoms with Gasteiger partial charge in [0.1, 0.15) is 0 Å². The number of rotatable bonds is 5. The molecule has 0 bridgehead atoms. The number of H-pyrrole nitrogens is 1. The number of carbonyl (C=O) groups is 1. The molecule has 0 saturated heterocycles. The van der Waals surface area contributed by atoms with Crippen molar-refractivity contribution >= 4 is 16.8 Å². The molecule has 0 radical (unpaired) electrons. The molecule has 0 fully saturated rings. The molecule has 1 heterocycles. The first-order valence-corrected chi connectivity index (χ1v) is 6.48. The van der Waals surface area contributed by atoms with E-state index in [2.05, 4.69) is 15.5 Å². The topological polar surface area (TPSA) is 78.0 Å². The maximum absolute atomic E-state index is 12.1. The third-order valence-corrected chi connectivity index (χ3v) is 3.22. The Balaban J connectivity index is 1.99. The fourth-order valence-electron chi connectivity index (χ4n) is 1.92. The number of aliphatic hydroxyl groups excluding tert-OH is 1. The zero-order valence-electron chi connectivity index (χ0n) is 11.2. The van der Waals surface area contributed by atoms with Gasteiger partial charge in [-0.2, -0.15) is 5.10 Å². The summed E-state index contributed by atoms with van der Waals surface area (Å²) in [5.41, 5.74) is 1.32. The summed E-state index contributed by atoms with van der Waals surface area (Å²) in [7, 11) is 0. The SMILES string of the molecule is CC(C)C(O)CCNC(=O)c1cccc2cn[nH]c12. The molecule has 2 aromatic rings. The van der Waals surface area contributed by atoms with Crippen molar-refractivity contribution in [3.05, 3.63) is 30.0 Å². The molecule has 5 heteroatoms. The second-order valence-electron chi connectivity index (χ2n) is 5.00. The molecule has 2 rings (SSSR count). The van der Waals surface area contributed by atoms with Gasteiger partial charge in [-0.15, -0.1) is 0 Å². The summed E-state index contributed by atoms with van der Waals surface area (Å²) in [6, 6.07) is 5.49. The summed E-state index contributed by atoms with van der Waals surface area (Å²) in [6.07, 6.45) is 1.86. The molecular formula is C14H19N3O2. The molecule has 3 N–H and O–H groups in total. The monoisotopic (exact) mass is 261 g/mol. The maximum Gasteiger partial charge on any atom is 0.253 e. The van der Waals surface area contributed by atoms with Crippen LogP contribution in [0.2, 0.25) is 0 Å². The first kappa shape index (κ1) is 13.5. The smallest absolute Gasteiger partial charge is 0.253 e. The van der Waals surface area contributed by atoms with Crippen molar-refractivity contribution in [3.8, 4) is 0 Å². The summed E-state index contributed by atoms with van der Waals surface area (Å²) in [5, 5.41) is 20.2. The van der Waals surface area contributed by atoms with E-state index < -0.39 is 0 Å². The Bertz CT molecular complexity index is 563. The van der Waals surface area contributed by atoms with Gasteiger partial charge < -0.3 is 10.4 Å². The lowest BCUT2D eigenvalue weighted by atomic mass is 10.0. The fourth-order valence-corrected chi connectivity index (χ4v) is 1.92. The van der Waals surface area contributed by atoms with E-state index in [1.54, 1.807) is 12.3 Å². The summed E-state index contributed by atoms with van der Waals surface area (Å²) in [6.45, 7) is 4.37. The van der Waals surface area contributed by atoms with Crippen LogP contribution in [0.5, 0.6) is 0 Å². The van der Waals surface area contributed by atoms with E-state index in [0.717, 1.165) is 10.9 Å². The quantitative estimate of drug-likeness (QED) is 0.766. The molecule has 1 atom stereocenters.